The molecule has 0 bridgehead atoms. The lowest BCUT2D eigenvalue weighted by molar-refractivity contribution is -0.255. The van der Waals surface area contributed by atoms with Gasteiger partial charge in [-0.2, -0.15) is 0 Å². The molecule has 0 atom stereocenters. The maximum Gasteiger partial charge on any atom is 0.270 e. The second kappa shape index (κ2) is 8.48. The normalized spacial score (nSPS) is 15.5. The van der Waals surface area contributed by atoms with Crippen molar-refractivity contribution < 1.29 is 19.5 Å². The third kappa shape index (κ3) is 3.85. The minimum absolute atomic E-state index is 0.00232. The first-order valence-corrected chi connectivity index (χ1v) is 10.6. The van der Waals surface area contributed by atoms with E-state index in [-0.39, 0.29) is 16.2 Å². The van der Waals surface area contributed by atoms with Crippen LogP contribution in [0.25, 0.3) is 11.8 Å². The van der Waals surface area contributed by atoms with Gasteiger partial charge in [-0.3, -0.25) is 19.4 Å². The number of carboxylic acid groups (broad SMARTS) is 1. The Morgan fingerprint density at radius 3 is 2.18 bits per heavy atom. The Morgan fingerprint density at radius 2 is 1.58 bits per heavy atom. The van der Waals surface area contributed by atoms with Gasteiger partial charge in [0.1, 0.15) is 5.57 Å². The molecule has 2 amide bonds. The highest BCUT2D eigenvalue weighted by atomic mass is 32.1. The quantitative estimate of drug-likeness (QED) is 0.341. The van der Waals surface area contributed by atoms with Crippen molar-refractivity contribution in [1.82, 2.24) is 9.47 Å². The van der Waals surface area contributed by atoms with Crippen molar-refractivity contribution in [2.45, 2.75) is 13.8 Å². The second-order valence-electron chi connectivity index (χ2n) is 7.68. The molecule has 1 saturated heterocycles. The zero-order valence-corrected chi connectivity index (χ0v) is 19.1. The molecule has 4 rings (SSSR count). The summed E-state index contributed by atoms with van der Waals surface area (Å²) >= 11 is 5.38. The van der Waals surface area contributed by atoms with Crippen LogP contribution in [-0.4, -0.2) is 39.4 Å². The SMILES string of the molecule is Cc1cc(/C=C2\C(=O)N(C)C(=S)N(c3ccccc3)C2=O)c(C)n1-c1ccc(C(=O)[O-])cc1. The van der Waals surface area contributed by atoms with E-state index >= 15 is 0 Å². The average Bonchev–Trinajstić information content (AvgIpc) is 3.09. The molecule has 8 heteroatoms. The highest BCUT2D eigenvalue weighted by molar-refractivity contribution is 7.80. The fourth-order valence-corrected chi connectivity index (χ4v) is 4.15. The first-order chi connectivity index (χ1) is 15.7. The Hall–Kier alpha value is -4.04. The fraction of sp³-hybridized carbons (Fsp3) is 0.120. The summed E-state index contributed by atoms with van der Waals surface area (Å²) in [5, 5.41) is 11.2. The van der Waals surface area contributed by atoms with Crippen LogP contribution in [0, 0.1) is 13.8 Å². The number of aryl methyl sites for hydroxylation is 1. The molecule has 3 aromatic rings. The molecule has 0 unspecified atom stereocenters. The van der Waals surface area contributed by atoms with Crippen molar-refractivity contribution >= 4 is 46.9 Å². The summed E-state index contributed by atoms with van der Waals surface area (Å²) < 4.78 is 1.92. The van der Waals surface area contributed by atoms with Crippen molar-refractivity contribution in [2.24, 2.45) is 0 Å². The molecule has 166 valence electrons. The lowest BCUT2D eigenvalue weighted by atomic mass is 10.1. The zero-order chi connectivity index (χ0) is 23.9. The molecule has 2 heterocycles. The van der Waals surface area contributed by atoms with Crippen LogP contribution in [0.4, 0.5) is 5.69 Å². The van der Waals surface area contributed by atoms with E-state index in [1.165, 1.54) is 21.9 Å². The van der Waals surface area contributed by atoms with E-state index < -0.39 is 17.8 Å². The number of rotatable bonds is 4. The van der Waals surface area contributed by atoms with E-state index in [4.69, 9.17) is 12.2 Å². The van der Waals surface area contributed by atoms with Crippen LogP contribution in [0.2, 0.25) is 0 Å². The number of amides is 2. The Bertz CT molecular complexity index is 1320. The van der Waals surface area contributed by atoms with Crippen LogP contribution in [0.1, 0.15) is 27.3 Å². The van der Waals surface area contributed by atoms with Crippen LogP contribution in [-0.2, 0) is 9.59 Å². The average molecular weight is 459 g/mol. The van der Waals surface area contributed by atoms with Crippen molar-refractivity contribution in [3.63, 3.8) is 0 Å². The summed E-state index contributed by atoms with van der Waals surface area (Å²) in [5.41, 5.74) is 3.78. The summed E-state index contributed by atoms with van der Waals surface area (Å²) in [6.07, 6.45) is 1.58. The molecule has 1 aromatic heterocycles. The van der Waals surface area contributed by atoms with E-state index in [9.17, 15) is 19.5 Å². The molecule has 0 radical (unpaired) electrons. The Labute approximate surface area is 196 Å². The molecule has 33 heavy (non-hydrogen) atoms. The Kier molecular flexibility index (Phi) is 5.69. The van der Waals surface area contributed by atoms with Crippen molar-refractivity contribution in [1.29, 1.82) is 0 Å². The number of aromatic nitrogens is 1. The first kappa shape index (κ1) is 22.2. The molecule has 0 saturated carbocycles. The lowest BCUT2D eigenvalue weighted by Crippen LogP contribution is -2.54. The number of aromatic carboxylic acids is 1. The van der Waals surface area contributed by atoms with Gasteiger partial charge in [0.2, 0.25) is 0 Å². The summed E-state index contributed by atoms with van der Waals surface area (Å²) in [5.74, 6) is -2.20. The van der Waals surface area contributed by atoms with Crippen LogP contribution in [0.5, 0.6) is 0 Å². The number of carboxylic acids is 1. The van der Waals surface area contributed by atoms with Gasteiger partial charge in [-0.15, -0.1) is 0 Å². The van der Waals surface area contributed by atoms with E-state index in [0.717, 1.165) is 17.1 Å². The molecule has 1 aliphatic rings. The van der Waals surface area contributed by atoms with Gasteiger partial charge >= 0.3 is 0 Å². The molecular weight excluding hydrogens is 438 g/mol. The number of hydrogen-bond donors (Lipinski definition) is 0. The maximum absolute atomic E-state index is 13.3. The van der Waals surface area contributed by atoms with E-state index in [2.05, 4.69) is 0 Å². The molecule has 2 aromatic carbocycles. The number of likely N-dealkylation sites (N-methyl/N-ethyl adjacent to an activating group) is 1. The first-order valence-electron chi connectivity index (χ1n) is 10.1. The number of hydrogen-bond acceptors (Lipinski definition) is 5. The molecule has 7 nitrogen and oxygen atoms in total. The smallest absolute Gasteiger partial charge is 0.270 e. The maximum atomic E-state index is 13.3. The van der Waals surface area contributed by atoms with Gasteiger partial charge in [-0.05, 0) is 73.6 Å². The van der Waals surface area contributed by atoms with Crippen LogP contribution in [0.15, 0.2) is 66.2 Å². The summed E-state index contributed by atoms with van der Waals surface area (Å²) in [4.78, 5) is 40.0. The molecule has 1 fully saturated rings. The predicted octanol–water partition coefficient (Wildman–Crippen LogP) is 2.63. The standard InChI is InChI=1S/C25H21N3O4S/c1-15-13-18(16(2)27(15)20-11-9-17(10-12-20)24(31)32)14-21-22(29)26(3)25(33)28(23(21)30)19-7-5-4-6-8-19/h4-14H,1-3H3,(H,31,32)/p-1/b21-14+. The van der Waals surface area contributed by atoms with Gasteiger partial charge in [0.05, 0.1) is 11.7 Å². The van der Waals surface area contributed by atoms with Crippen LogP contribution in [0.3, 0.4) is 0 Å². The third-order valence-corrected chi connectivity index (χ3v) is 6.05. The number of nitrogens with zero attached hydrogens (tertiary/aromatic N) is 3. The molecule has 0 N–H and O–H groups in total. The zero-order valence-electron chi connectivity index (χ0n) is 18.2. The largest absolute Gasteiger partial charge is 0.545 e. The predicted molar refractivity (Wildman–Crippen MR) is 127 cm³/mol. The van der Waals surface area contributed by atoms with Crippen LogP contribution < -0.4 is 10.0 Å². The van der Waals surface area contributed by atoms with Gasteiger partial charge in [0.15, 0.2) is 5.11 Å². The van der Waals surface area contributed by atoms with Gasteiger partial charge in [-0.25, -0.2) is 0 Å². The fourth-order valence-electron chi connectivity index (χ4n) is 3.88. The number of thiocarbonyl (C=S) groups is 1. The van der Waals surface area contributed by atoms with Gasteiger partial charge < -0.3 is 14.5 Å². The number of carbonyl (C=O) groups excluding carboxylic acids is 3. The van der Waals surface area contributed by atoms with E-state index in [0.29, 0.717) is 11.3 Å². The minimum atomic E-state index is -1.24. The second-order valence-corrected chi connectivity index (χ2v) is 8.04. The Balaban J connectivity index is 1.77. The highest BCUT2D eigenvalue weighted by Gasteiger charge is 2.38. The van der Waals surface area contributed by atoms with Crippen LogP contribution >= 0.6 is 12.2 Å². The van der Waals surface area contributed by atoms with Crippen molar-refractivity contribution in [2.75, 3.05) is 11.9 Å². The number of benzene rings is 2. The molecule has 0 aliphatic carbocycles. The number of carbonyl (C=O) groups is 3. The molecule has 0 spiro atoms. The number of para-hydroxylation sites is 1. The molecular formula is C25H20N3O4S-. The number of anilines is 1. The monoisotopic (exact) mass is 458 g/mol. The minimum Gasteiger partial charge on any atom is -0.545 e. The van der Waals surface area contributed by atoms with Gasteiger partial charge in [-0.1, -0.05) is 30.3 Å². The van der Waals surface area contributed by atoms with Gasteiger partial charge in [0.25, 0.3) is 11.8 Å². The summed E-state index contributed by atoms with van der Waals surface area (Å²) in [6.45, 7) is 3.76. The summed E-state index contributed by atoms with van der Waals surface area (Å²) in [6, 6.07) is 17.1. The van der Waals surface area contributed by atoms with Crippen molar-refractivity contribution in [3.8, 4) is 5.69 Å². The topological polar surface area (TPSA) is 85.7 Å². The molecule has 1 aliphatic heterocycles. The lowest BCUT2D eigenvalue weighted by Gasteiger charge is -2.34. The highest BCUT2D eigenvalue weighted by Crippen LogP contribution is 2.28. The van der Waals surface area contributed by atoms with E-state index in [1.54, 1.807) is 49.5 Å². The van der Waals surface area contributed by atoms with Crippen molar-refractivity contribution in [3.05, 3.63) is 88.8 Å². The van der Waals surface area contributed by atoms with Gasteiger partial charge in [0, 0.05) is 24.1 Å². The Morgan fingerprint density at radius 1 is 0.939 bits per heavy atom. The third-order valence-electron chi connectivity index (χ3n) is 5.59. The summed E-state index contributed by atoms with van der Waals surface area (Å²) in [7, 11) is 1.54. The van der Waals surface area contributed by atoms with E-state index in [1.807, 2.05) is 30.5 Å².